The lowest BCUT2D eigenvalue weighted by molar-refractivity contribution is -0.136. The number of thiazole rings is 1. The second-order valence-electron chi connectivity index (χ2n) is 6.39. The molecule has 8 heteroatoms. The van der Waals surface area contributed by atoms with Gasteiger partial charge in [0.05, 0.1) is 5.01 Å². The summed E-state index contributed by atoms with van der Waals surface area (Å²) in [6.07, 6.45) is 0.269. The summed E-state index contributed by atoms with van der Waals surface area (Å²) in [7, 11) is 0. The number of nitrogens with zero attached hydrogens (tertiary/aromatic N) is 2. The topological polar surface area (TPSA) is 96.4 Å². The Bertz CT molecular complexity index is 683. The van der Waals surface area contributed by atoms with Crippen LogP contribution >= 0.6 is 11.3 Å². The summed E-state index contributed by atoms with van der Waals surface area (Å²) >= 11 is 1.19. The average Bonchev–Trinajstić information content (AvgIpc) is 2.93. The zero-order chi connectivity index (χ0) is 16.2. The third kappa shape index (κ3) is 2.14. The first-order valence-electron chi connectivity index (χ1n) is 6.93. The van der Waals surface area contributed by atoms with Gasteiger partial charge < -0.3 is 0 Å². The number of rotatable bonds is 1. The van der Waals surface area contributed by atoms with E-state index in [1.54, 1.807) is 0 Å². The highest BCUT2D eigenvalue weighted by Gasteiger charge is 2.47. The average molecular weight is 321 g/mol. The van der Waals surface area contributed by atoms with Crippen molar-refractivity contribution in [1.29, 1.82) is 0 Å². The summed E-state index contributed by atoms with van der Waals surface area (Å²) in [5.41, 5.74) is -0.140. The number of fused-ring (bicyclic) bond motifs is 1. The van der Waals surface area contributed by atoms with E-state index in [1.807, 2.05) is 20.8 Å². The zero-order valence-electron chi connectivity index (χ0n) is 12.4. The van der Waals surface area contributed by atoms with E-state index in [2.05, 4.69) is 10.3 Å². The van der Waals surface area contributed by atoms with Crippen LogP contribution in [0.1, 0.15) is 58.8 Å². The molecular formula is C14H15N3O4S. The normalized spacial score (nSPS) is 22.1. The molecular weight excluding hydrogens is 306 g/mol. The summed E-state index contributed by atoms with van der Waals surface area (Å²) in [6, 6.07) is -0.933. The van der Waals surface area contributed by atoms with Gasteiger partial charge in [-0.1, -0.05) is 20.8 Å². The Morgan fingerprint density at radius 2 is 1.86 bits per heavy atom. The molecule has 116 valence electrons. The molecule has 2 aliphatic rings. The Morgan fingerprint density at radius 3 is 2.41 bits per heavy atom. The molecule has 3 rings (SSSR count). The lowest BCUT2D eigenvalue weighted by Gasteiger charge is -2.27. The van der Waals surface area contributed by atoms with E-state index in [0.717, 1.165) is 4.90 Å². The number of nitrogens with one attached hydrogen (secondary N) is 1. The maximum Gasteiger partial charge on any atom is 0.281 e. The Morgan fingerprint density at radius 1 is 1.18 bits per heavy atom. The van der Waals surface area contributed by atoms with Crippen LogP contribution in [0.25, 0.3) is 0 Å². The molecule has 0 aromatic carbocycles. The van der Waals surface area contributed by atoms with E-state index >= 15 is 0 Å². The highest BCUT2D eigenvalue weighted by Crippen LogP contribution is 2.35. The molecule has 3 heterocycles. The molecule has 1 saturated heterocycles. The summed E-state index contributed by atoms with van der Waals surface area (Å²) in [5.74, 6) is -2.05. The number of hydrogen-bond acceptors (Lipinski definition) is 6. The van der Waals surface area contributed by atoms with E-state index in [9.17, 15) is 19.2 Å². The second-order valence-corrected chi connectivity index (χ2v) is 7.39. The Labute approximate surface area is 130 Å². The standard InChI is InChI=1S/C14H15N3O4S/c1-14(2,3)13-16-8-9(22-13)12(21)17(11(8)20)6-4-5-7(18)15-10(6)19/h6H,4-5H2,1-3H3,(H,15,18,19). The SMILES string of the molecule is CC(C)(C)c1nc2c(s1)C(=O)N(C1CCC(=O)NC1=O)C2=O. The summed E-state index contributed by atoms with van der Waals surface area (Å²) in [6.45, 7) is 5.86. The molecule has 1 unspecified atom stereocenters. The van der Waals surface area contributed by atoms with Crippen LogP contribution in [0.3, 0.4) is 0 Å². The summed E-state index contributed by atoms with van der Waals surface area (Å²) < 4.78 is 0. The molecule has 0 bridgehead atoms. The number of piperidine rings is 1. The minimum absolute atomic E-state index is 0.113. The van der Waals surface area contributed by atoms with Crippen LogP contribution in [0.2, 0.25) is 0 Å². The quantitative estimate of drug-likeness (QED) is 0.773. The molecule has 0 saturated carbocycles. The third-order valence-corrected chi connectivity index (χ3v) is 5.09. The van der Waals surface area contributed by atoms with E-state index < -0.39 is 23.8 Å². The fourth-order valence-electron chi connectivity index (χ4n) is 2.46. The second kappa shape index (κ2) is 4.70. The highest BCUT2D eigenvalue weighted by molar-refractivity contribution is 7.14. The molecule has 2 aliphatic heterocycles. The van der Waals surface area contributed by atoms with Gasteiger partial charge in [-0.2, -0.15) is 0 Å². The van der Waals surface area contributed by atoms with Gasteiger partial charge in [0.25, 0.3) is 11.8 Å². The molecule has 7 nitrogen and oxygen atoms in total. The number of amides is 4. The van der Waals surface area contributed by atoms with Crippen LogP contribution in [0.15, 0.2) is 0 Å². The van der Waals surface area contributed by atoms with Crippen molar-refractivity contribution in [1.82, 2.24) is 15.2 Å². The number of carbonyl (C=O) groups is 4. The Hall–Kier alpha value is -2.09. The van der Waals surface area contributed by atoms with E-state index in [0.29, 0.717) is 5.01 Å². The summed E-state index contributed by atoms with van der Waals surface area (Å²) in [5, 5.41) is 2.87. The molecule has 0 spiro atoms. The fraction of sp³-hybridized carbons (Fsp3) is 0.500. The molecule has 1 fully saturated rings. The van der Waals surface area contributed by atoms with Gasteiger partial charge in [-0.15, -0.1) is 11.3 Å². The lowest BCUT2D eigenvalue weighted by atomic mass is 9.98. The van der Waals surface area contributed by atoms with Crippen molar-refractivity contribution in [3.63, 3.8) is 0 Å². The van der Waals surface area contributed by atoms with E-state index in [4.69, 9.17) is 0 Å². The van der Waals surface area contributed by atoms with Crippen molar-refractivity contribution in [3.8, 4) is 0 Å². The number of hydrogen-bond donors (Lipinski definition) is 1. The minimum atomic E-state index is -0.933. The van der Waals surface area contributed by atoms with Crippen LogP contribution in [0.4, 0.5) is 0 Å². The number of aromatic nitrogens is 1. The molecule has 1 N–H and O–H groups in total. The monoisotopic (exact) mass is 321 g/mol. The largest absolute Gasteiger partial charge is 0.295 e. The van der Waals surface area contributed by atoms with Gasteiger partial charge in [-0.25, -0.2) is 4.98 Å². The fourth-order valence-corrected chi connectivity index (χ4v) is 3.51. The van der Waals surface area contributed by atoms with Gasteiger partial charge in [0.15, 0.2) is 5.69 Å². The van der Waals surface area contributed by atoms with Gasteiger partial charge in [-0.3, -0.25) is 29.4 Å². The van der Waals surface area contributed by atoms with E-state index in [1.165, 1.54) is 11.3 Å². The molecule has 1 aromatic rings. The molecule has 1 atom stereocenters. The van der Waals surface area contributed by atoms with Crippen molar-refractivity contribution < 1.29 is 19.2 Å². The number of imide groups is 2. The first kappa shape index (κ1) is 14.8. The van der Waals surface area contributed by atoms with Crippen LogP contribution in [0.5, 0.6) is 0 Å². The van der Waals surface area contributed by atoms with Crippen molar-refractivity contribution in [3.05, 3.63) is 15.6 Å². The maximum absolute atomic E-state index is 12.5. The molecule has 0 aliphatic carbocycles. The van der Waals surface area contributed by atoms with Crippen molar-refractivity contribution in [2.45, 2.75) is 45.1 Å². The minimum Gasteiger partial charge on any atom is -0.295 e. The molecule has 1 aromatic heterocycles. The van der Waals surface area contributed by atoms with Crippen LogP contribution in [0, 0.1) is 0 Å². The Balaban J connectivity index is 1.93. The van der Waals surface area contributed by atoms with Crippen LogP contribution < -0.4 is 5.32 Å². The number of carbonyl (C=O) groups excluding carboxylic acids is 4. The predicted octanol–water partition coefficient (Wildman–Crippen LogP) is 0.842. The van der Waals surface area contributed by atoms with Gasteiger partial charge in [0.1, 0.15) is 10.9 Å². The Kier molecular flexibility index (Phi) is 3.17. The van der Waals surface area contributed by atoms with Crippen LogP contribution in [-0.2, 0) is 15.0 Å². The van der Waals surface area contributed by atoms with Crippen molar-refractivity contribution in [2.24, 2.45) is 0 Å². The first-order chi connectivity index (χ1) is 10.2. The third-order valence-electron chi connectivity index (χ3n) is 3.62. The molecule has 0 radical (unpaired) electrons. The van der Waals surface area contributed by atoms with Crippen LogP contribution in [-0.4, -0.2) is 39.6 Å². The first-order valence-corrected chi connectivity index (χ1v) is 7.74. The lowest BCUT2D eigenvalue weighted by Crippen LogP contribution is -2.54. The smallest absolute Gasteiger partial charge is 0.281 e. The maximum atomic E-state index is 12.5. The van der Waals surface area contributed by atoms with Gasteiger partial charge >= 0.3 is 0 Å². The highest BCUT2D eigenvalue weighted by atomic mass is 32.1. The van der Waals surface area contributed by atoms with Gasteiger partial charge in [-0.05, 0) is 6.42 Å². The predicted molar refractivity (Wildman–Crippen MR) is 77.5 cm³/mol. The molecule has 4 amide bonds. The van der Waals surface area contributed by atoms with Crippen molar-refractivity contribution >= 4 is 35.0 Å². The summed E-state index contributed by atoms with van der Waals surface area (Å²) in [4.78, 5) is 53.5. The molecule has 22 heavy (non-hydrogen) atoms. The van der Waals surface area contributed by atoms with Crippen molar-refractivity contribution in [2.75, 3.05) is 0 Å². The van der Waals surface area contributed by atoms with E-state index in [-0.39, 0.29) is 34.7 Å². The zero-order valence-corrected chi connectivity index (χ0v) is 13.2. The van der Waals surface area contributed by atoms with Gasteiger partial charge in [0, 0.05) is 11.8 Å². The van der Waals surface area contributed by atoms with Gasteiger partial charge in [0.2, 0.25) is 11.8 Å².